The van der Waals surface area contributed by atoms with Crippen molar-refractivity contribution in [3.05, 3.63) is 44.0 Å². The second-order valence-corrected chi connectivity index (χ2v) is 4.28. The standard InChI is InChI=1S/C11H13FN2O4/c1-5-3-14(11(18)13-10(5)17)7-2-8(16)6(4-15)9(7)12/h3,7-8,15-16H,2,4H2,1H3,(H,13,17,18)/t7-,8-/m0/s1. The van der Waals surface area contributed by atoms with Crippen LogP contribution in [0.4, 0.5) is 4.39 Å². The van der Waals surface area contributed by atoms with Crippen LogP contribution in [0.1, 0.15) is 18.0 Å². The van der Waals surface area contributed by atoms with Crippen molar-refractivity contribution in [2.24, 2.45) is 0 Å². The van der Waals surface area contributed by atoms with E-state index >= 15 is 0 Å². The summed E-state index contributed by atoms with van der Waals surface area (Å²) < 4.78 is 14.9. The molecule has 0 saturated carbocycles. The Bertz CT molecular complexity index is 616. The highest BCUT2D eigenvalue weighted by Gasteiger charge is 2.34. The predicted molar refractivity (Wildman–Crippen MR) is 60.9 cm³/mol. The summed E-state index contributed by atoms with van der Waals surface area (Å²) >= 11 is 0. The molecule has 2 rings (SSSR count). The Morgan fingerprint density at radius 1 is 1.56 bits per heavy atom. The molecule has 7 heteroatoms. The Balaban J connectivity index is 2.52. The van der Waals surface area contributed by atoms with E-state index in [1.807, 2.05) is 0 Å². The molecule has 1 heterocycles. The quantitative estimate of drug-likeness (QED) is 0.656. The first-order chi connectivity index (χ1) is 8.45. The molecule has 0 fully saturated rings. The van der Waals surface area contributed by atoms with Crippen LogP contribution in [0.5, 0.6) is 0 Å². The number of rotatable bonds is 2. The van der Waals surface area contributed by atoms with Gasteiger partial charge in [-0.3, -0.25) is 14.3 Å². The second-order valence-electron chi connectivity index (χ2n) is 4.28. The van der Waals surface area contributed by atoms with E-state index in [1.165, 1.54) is 13.1 Å². The van der Waals surface area contributed by atoms with Crippen LogP contribution in [-0.4, -0.2) is 32.5 Å². The fraction of sp³-hybridized carbons (Fsp3) is 0.455. The molecule has 1 aliphatic carbocycles. The van der Waals surface area contributed by atoms with Gasteiger partial charge in [0.15, 0.2) is 0 Å². The molecular formula is C11H13FN2O4. The van der Waals surface area contributed by atoms with Gasteiger partial charge < -0.3 is 10.2 Å². The zero-order valence-corrected chi connectivity index (χ0v) is 9.68. The van der Waals surface area contributed by atoms with Crippen molar-refractivity contribution in [1.82, 2.24) is 9.55 Å². The maximum atomic E-state index is 13.9. The number of hydrogen-bond acceptors (Lipinski definition) is 4. The molecule has 3 N–H and O–H groups in total. The zero-order chi connectivity index (χ0) is 13.4. The Morgan fingerprint density at radius 3 is 2.78 bits per heavy atom. The van der Waals surface area contributed by atoms with Crippen LogP contribution in [0.25, 0.3) is 0 Å². The minimum absolute atomic E-state index is 0.0346. The highest BCUT2D eigenvalue weighted by molar-refractivity contribution is 5.25. The Labute approximate surface area is 101 Å². The fourth-order valence-electron chi connectivity index (χ4n) is 2.06. The first-order valence-corrected chi connectivity index (χ1v) is 5.45. The van der Waals surface area contributed by atoms with E-state index in [2.05, 4.69) is 4.98 Å². The van der Waals surface area contributed by atoms with Gasteiger partial charge in [0, 0.05) is 23.8 Å². The molecular weight excluding hydrogens is 243 g/mol. The van der Waals surface area contributed by atoms with Crippen molar-refractivity contribution in [2.75, 3.05) is 6.61 Å². The van der Waals surface area contributed by atoms with Crippen LogP contribution in [0, 0.1) is 6.92 Å². The van der Waals surface area contributed by atoms with Crippen LogP contribution < -0.4 is 11.2 Å². The van der Waals surface area contributed by atoms with Crippen LogP contribution in [-0.2, 0) is 0 Å². The van der Waals surface area contributed by atoms with Gasteiger partial charge in [0.05, 0.1) is 18.8 Å². The van der Waals surface area contributed by atoms with Gasteiger partial charge in [-0.2, -0.15) is 0 Å². The van der Waals surface area contributed by atoms with Crippen LogP contribution in [0.2, 0.25) is 0 Å². The van der Waals surface area contributed by atoms with Crippen LogP contribution in [0.15, 0.2) is 27.2 Å². The van der Waals surface area contributed by atoms with E-state index in [-0.39, 0.29) is 17.6 Å². The third-order valence-electron chi connectivity index (χ3n) is 3.10. The van der Waals surface area contributed by atoms with Gasteiger partial charge >= 0.3 is 5.69 Å². The molecule has 2 atom stereocenters. The first kappa shape index (κ1) is 12.7. The summed E-state index contributed by atoms with van der Waals surface area (Å²) in [6.45, 7) is 0.898. The van der Waals surface area contributed by atoms with E-state index < -0.39 is 35.8 Å². The van der Waals surface area contributed by atoms with E-state index in [0.29, 0.717) is 0 Å². The van der Waals surface area contributed by atoms with Gasteiger partial charge in [-0.15, -0.1) is 0 Å². The van der Waals surface area contributed by atoms with Gasteiger partial charge in [-0.25, -0.2) is 9.18 Å². The monoisotopic (exact) mass is 256 g/mol. The lowest BCUT2D eigenvalue weighted by Gasteiger charge is -2.13. The van der Waals surface area contributed by atoms with Crippen molar-refractivity contribution in [2.45, 2.75) is 25.5 Å². The molecule has 6 nitrogen and oxygen atoms in total. The number of nitrogens with zero attached hydrogens (tertiary/aromatic N) is 1. The SMILES string of the molecule is Cc1cn([C@H]2C[C@H](O)C(CO)=C2F)c(=O)[nH]c1=O. The molecule has 1 aromatic rings. The van der Waals surface area contributed by atoms with Crippen molar-refractivity contribution < 1.29 is 14.6 Å². The number of aliphatic hydroxyl groups is 2. The molecule has 0 saturated heterocycles. The van der Waals surface area contributed by atoms with Gasteiger partial charge in [0.25, 0.3) is 5.56 Å². The molecule has 0 unspecified atom stereocenters. The largest absolute Gasteiger partial charge is 0.392 e. The number of aliphatic hydroxyl groups excluding tert-OH is 2. The summed E-state index contributed by atoms with van der Waals surface area (Å²) in [5.74, 6) is -0.724. The third kappa shape index (κ3) is 1.91. The van der Waals surface area contributed by atoms with Crippen LogP contribution >= 0.6 is 0 Å². The highest BCUT2D eigenvalue weighted by Crippen LogP contribution is 2.35. The summed E-state index contributed by atoms with van der Waals surface area (Å²) in [6.07, 6.45) is 0.102. The number of halogens is 1. The molecule has 0 bridgehead atoms. The zero-order valence-electron chi connectivity index (χ0n) is 9.68. The Hall–Kier alpha value is -1.73. The summed E-state index contributed by atoms with van der Waals surface area (Å²) in [7, 11) is 0. The molecule has 1 aliphatic rings. The summed E-state index contributed by atoms with van der Waals surface area (Å²) in [5, 5.41) is 18.5. The number of nitrogens with one attached hydrogen (secondary N) is 1. The van der Waals surface area contributed by atoms with Gasteiger partial charge in [-0.05, 0) is 6.92 Å². The number of aromatic amines is 1. The summed E-state index contributed by atoms with van der Waals surface area (Å²) in [6, 6.07) is -0.981. The minimum atomic E-state index is -1.11. The molecule has 98 valence electrons. The first-order valence-electron chi connectivity index (χ1n) is 5.45. The number of H-pyrrole nitrogens is 1. The Kier molecular flexibility index (Phi) is 3.18. The number of aromatic nitrogens is 2. The summed E-state index contributed by atoms with van der Waals surface area (Å²) in [5.41, 5.74) is -1.11. The highest BCUT2D eigenvalue weighted by atomic mass is 19.1. The van der Waals surface area contributed by atoms with Crippen molar-refractivity contribution in [3.63, 3.8) is 0 Å². The smallest absolute Gasteiger partial charge is 0.328 e. The third-order valence-corrected chi connectivity index (χ3v) is 3.10. The molecule has 0 aromatic carbocycles. The maximum Gasteiger partial charge on any atom is 0.328 e. The number of aryl methyl sites for hydroxylation is 1. The van der Waals surface area contributed by atoms with E-state index in [0.717, 1.165) is 4.57 Å². The van der Waals surface area contributed by atoms with Crippen molar-refractivity contribution >= 4 is 0 Å². The fourth-order valence-corrected chi connectivity index (χ4v) is 2.06. The molecule has 0 spiro atoms. The molecule has 0 amide bonds. The lowest BCUT2D eigenvalue weighted by Crippen LogP contribution is -2.33. The summed E-state index contributed by atoms with van der Waals surface area (Å²) in [4.78, 5) is 24.9. The molecule has 0 aliphatic heterocycles. The predicted octanol–water partition coefficient (Wildman–Crippen LogP) is -0.633. The van der Waals surface area contributed by atoms with Gasteiger partial charge in [0.1, 0.15) is 5.83 Å². The maximum absolute atomic E-state index is 13.9. The lowest BCUT2D eigenvalue weighted by molar-refractivity contribution is 0.181. The number of hydrogen-bond donors (Lipinski definition) is 3. The van der Waals surface area contributed by atoms with E-state index in [9.17, 15) is 19.1 Å². The average molecular weight is 256 g/mol. The normalized spacial score (nSPS) is 23.8. The molecule has 18 heavy (non-hydrogen) atoms. The Morgan fingerprint density at radius 2 is 2.22 bits per heavy atom. The lowest BCUT2D eigenvalue weighted by atomic mass is 10.2. The topological polar surface area (TPSA) is 95.3 Å². The van der Waals surface area contributed by atoms with Crippen LogP contribution in [0.3, 0.4) is 0 Å². The van der Waals surface area contributed by atoms with E-state index in [1.54, 1.807) is 0 Å². The van der Waals surface area contributed by atoms with Gasteiger partial charge in [0.2, 0.25) is 0 Å². The average Bonchev–Trinajstić information content (AvgIpc) is 2.59. The van der Waals surface area contributed by atoms with E-state index in [4.69, 9.17) is 5.11 Å². The molecule has 1 aromatic heterocycles. The minimum Gasteiger partial charge on any atom is -0.392 e. The van der Waals surface area contributed by atoms with Gasteiger partial charge in [-0.1, -0.05) is 0 Å². The van der Waals surface area contributed by atoms with Crippen molar-refractivity contribution in [3.8, 4) is 0 Å². The van der Waals surface area contributed by atoms with Crippen molar-refractivity contribution in [1.29, 1.82) is 0 Å². The number of allylic oxidation sites excluding steroid dienone is 1. The second kappa shape index (κ2) is 4.51. The molecule has 0 radical (unpaired) electrons.